The smallest absolute Gasteiger partial charge is 0.287 e. The molecule has 0 saturated carbocycles. The second-order valence-corrected chi connectivity index (χ2v) is 7.22. The lowest BCUT2D eigenvalue weighted by molar-refractivity contribution is 0.0965. The zero-order valence-corrected chi connectivity index (χ0v) is 16.8. The Kier molecular flexibility index (Phi) is 5.53. The van der Waals surface area contributed by atoms with Gasteiger partial charge in [-0.2, -0.15) is 5.10 Å². The lowest BCUT2D eigenvalue weighted by Gasteiger charge is -2.19. The van der Waals surface area contributed by atoms with Crippen LogP contribution >= 0.6 is 23.2 Å². The summed E-state index contributed by atoms with van der Waals surface area (Å²) in [6.45, 7) is 5.77. The highest BCUT2D eigenvalue weighted by molar-refractivity contribution is 6.41. The average Bonchev–Trinajstić information content (AvgIpc) is 2.96. The van der Waals surface area contributed by atoms with Crippen LogP contribution in [0.4, 0.5) is 0 Å². The molecule has 0 aliphatic heterocycles. The van der Waals surface area contributed by atoms with Crippen LogP contribution in [0.15, 0.2) is 47.4 Å². The first kappa shape index (κ1) is 19.4. The maximum absolute atomic E-state index is 12.8. The molecule has 0 amide bonds. The van der Waals surface area contributed by atoms with Gasteiger partial charge in [0.2, 0.25) is 0 Å². The summed E-state index contributed by atoms with van der Waals surface area (Å²) in [6.07, 6.45) is 1.26. The third-order valence-corrected chi connectivity index (χ3v) is 5.44. The highest BCUT2D eigenvalue weighted by Crippen LogP contribution is 2.26. The minimum atomic E-state index is -0.580. The summed E-state index contributed by atoms with van der Waals surface area (Å²) in [7, 11) is 0. The van der Waals surface area contributed by atoms with E-state index >= 15 is 0 Å². The van der Waals surface area contributed by atoms with Crippen molar-refractivity contribution in [2.24, 2.45) is 0 Å². The van der Waals surface area contributed by atoms with Gasteiger partial charge in [0, 0.05) is 17.0 Å². The molecule has 0 aliphatic rings. The van der Waals surface area contributed by atoms with E-state index in [0.717, 1.165) is 21.6 Å². The monoisotopic (exact) mass is 403 g/mol. The number of halogens is 2. The van der Waals surface area contributed by atoms with Crippen LogP contribution < -0.4 is 5.56 Å². The summed E-state index contributed by atoms with van der Waals surface area (Å²) < 4.78 is 3.15. The first-order valence-electron chi connectivity index (χ1n) is 8.49. The molecular formula is C20H19Cl2N3O2. The minimum absolute atomic E-state index is 0.0697. The molecule has 1 aromatic carbocycles. The summed E-state index contributed by atoms with van der Waals surface area (Å²) in [4.78, 5) is 25.0. The molecule has 2 heterocycles. The Bertz CT molecular complexity index is 1060. The quantitative estimate of drug-likeness (QED) is 0.590. The van der Waals surface area contributed by atoms with E-state index in [0.29, 0.717) is 5.56 Å². The maximum atomic E-state index is 12.8. The van der Waals surface area contributed by atoms with Gasteiger partial charge in [0.25, 0.3) is 5.56 Å². The Labute approximate surface area is 167 Å². The van der Waals surface area contributed by atoms with Crippen LogP contribution in [0.1, 0.15) is 40.3 Å². The zero-order chi connectivity index (χ0) is 19.7. The molecule has 140 valence electrons. The molecular weight excluding hydrogens is 385 g/mol. The van der Waals surface area contributed by atoms with E-state index in [1.165, 1.54) is 6.20 Å². The Balaban J connectivity index is 1.93. The molecule has 2 aromatic heterocycles. The molecule has 27 heavy (non-hydrogen) atoms. The lowest BCUT2D eigenvalue weighted by Crippen LogP contribution is -2.27. The number of aryl methyl sites for hydroxylation is 1. The summed E-state index contributed by atoms with van der Waals surface area (Å²) >= 11 is 11.6. The molecule has 0 N–H and O–H groups in total. The van der Waals surface area contributed by atoms with Gasteiger partial charge >= 0.3 is 0 Å². The van der Waals surface area contributed by atoms with Crippen LogP contribution in [0, 0.1) is 13.8 Å². The van der Waals surface area contributed by atoms with E-state index < -0.39 is 5.56 Å². The van der Waals surface area contributed by atoms with Crippen molar-refractivity contribution in [1.82, 2.24) is 14.3 Å². The number of ketones is 1. The number of carbonyl (C=O) groups is 1. The first-order valence-corrected chi connectivity index (χ1v) is 9.24. The van der Waals surface area contributed by atoms with Gasteiger partial charge in [-0.3, -0.25) is 9.59 Å². The van der Waals surface area contributed by atoms with Crippen molar-refractivity contribution in [3.63, 3.8) is 0 Å². The molecule has 1 atom stereocenters. The molecule has 0 unspecified atom stereocenters. The van der Waals surface area contributed by atoms with Gasteiger partial charge in [0.15, 0.2) is 5.78 Å². The maximum Gasteiger partial charge on any atom is 0.287 e. The fourth-order valence-corrected chi connectivity index (χ4v) is 3.59. The molecule has 0 fully saturated rings. The number of benzene rings is 1. The number of rotatable bonds is 5. The number of hydrogen-bond acceptors (Lipinski definition) is 3. The topological polar surface area (TPSA) is 56.9 Å². The normalized spacial score (nSPS) is 12.2. The van der Waals surface area contributed by atoms with Gasteiger partial charge in [-0.05, 0) is 32.4 Å². The molecule has 0 radical (unpaired) electrons. The van der Waals surface area contributed by atoms with Gasteiger partial charge in [0.05, 0.1) is 17.3 Å². The van der Waals surface area contributed by atoms with Crippen molar-refractivity contribution in [3.05, 3.63) is 85.5 Å². The van der Waals surface area contributed by atoms with Gasteiger partial charge in [-0.15, -0.1) is 0 Å². The van der Waals surface area contributed by atoms with Crippen LogP contribution in [0.2, 0.25) is 10.0 Å². The molecule has 7 heteroatoms. The highest BCUT2D eigenvalue weighted by Gasteiger charge is 2.21. The van der Waals surface area contributed by atoms with E-state index in [-0.39, 0.29) is 28.4 Å². The average molecular weight is 404 g/mol. The second-order valence-electron chi connectivity index (χ2n) is 6.43. The van der Waals surface area contributed by atoms with E-state index in [1.807, 2.05) is 38.1 Å². The van der Waals surface area contributed by atoms with Crippen molar-refractivity contribution >= 4 is 29.0 Å². The minimum Gasteiger partial charge on any atom is -0.341 e. The molecule has 0 spiro atoms. The molecule has 0 bridgehead atoms. The number of aromatic nitrogens is 3. The highest BCUT2D eigenvalue weighted by atomic mass is 35.5. The predicted molar refractivity (Wildman–Crippen MR) is 107 cm³/mol. The van der Waals surface area contributed by atoms with E-state index in [1.54, 1.807) is 0 Å². The van der Waals surface area contributed by atoms with E-state index in [9.17, 15) is 9.59 Å². The fourth-order valence-electron chi connectivity index (χ4n) is 3.31. The molecule has 3 aromatic rings. The van der Waals surface area contributed by atoms with E-state index in [2.05, 4.69) is 28.7 Å². The number of hydrogen-bond donors (Lipinski definition) is 0. The van der Waals surface area contributed by atoms with Gasteiger partial charge in [-0.25, -0.2) is 4.68 Å². The fraction of sp³-hybridized carbons (Fsp3) is 0.250. The Morgan fingerprint density at radius 2 is 1.85 bits per heavy atom. The largest absolute Gasteiger partial charge is 0.341 e. The van der Waals surface area contributed by atoms with Gasteiger partial charge < -0.3 is 4.57 Å². The van der Waals surface area contributed by atoms with Crippen LogP contribution in [-0.2, 0) is 6.54 Å². The molecule has 0 saturated heterocycles. The Hall–Kier alpha value is -2.37. The number of carbonyl (C=O) groups excluding carboxylic acids is 1. The third-order valence-electron chi connectivity index (χ3n) is 4.69. The van der Waals surface area contributed by atoms with Gasteiger partial charge in [0.1, 0.15) is 11.6 Å². The number of nitrogens with zero attached hydrogens (tertiary/aromatic N) is 3. The Morgan fingerprint density at radius 1 is 1.19 bits per heavy atom. The van der Waals surface area contributed by atoms with Crippen molar-refractivity contribution in [1.29, 1.82) is 0 Å². The van der Waals surface area contributed by atoms with Crippen molar-refractivity contribution < 1.29 is 4.79 Å². The standard InChI is InChI=1S/C20H19Cl2N3O2/c1-12-9-16(14(3)25(12)13(2)15-7-5-4-6-8-15)18(26)11-24-20(27)19(22)17(21)10-23-24/h4-10,13H,11H2,1-3H3/t13-/m0/s1. The van der Waals surface area contributed by atoms with Crippen LogP contribution in [0.3, 0.4) is 0 Å². The van der Waals surface area contributed by atoms with Crippen LogP contribution in [-0.4, -0.2) is 20.1 Å². The first-order chi connectivity index (χ1) is 12.8. The summed E-state index contributed by atoms with van der Waals surface area (Å²) in [5.41, 5.74) is 2.96. The third kappa shape index (κ3) is 3.70. The summed E-state index contributed by atoms with van der Waals surface area (Å²) in [6, 6.07) is 12.0. The molecule has 5 nitrogen and oxygen atoms in total. The predicted octanol–water partition coefficient (Wildman–Crippen LogP) is 4.46. The van der Waals surface area contributed by atoms with Crippen molar-refractivity contribution in [2.45, 2.75) is 33.4 Å². The van der Waals surface area contributed by atoms with Crippen LogP contribution in [0.25, 0.3) is 0 Å². The molecule has 0 aliphatic carbocycles. The second kappa shape index (κ2) is 7.71. The Morgan fingerprint density at radius 3 is 2.52 bits per heavy atom. The van der Waals surface area contributed by atoms with Crippen molar-refractivity contribution in [2.75, 3.05) is 0 Å². The SMILES string of the molecule is Cc1cc(C(=O)Cn2ncc(Cl)c(Cl)c2=O)c(C)n1[C@@H](C)c1ccccc1. The summed E-state index contributed by atoms with van der Waals surface area (Å²) in [5, 5.41) is 3.84. The number of Topliss-reactive ketones (excluding diaryl/α,β-unsaturated/α-hetero) is 1. The molecule has 3 rings (SSSR count). The van der Waals surface area contributed by atoms with Crippen molar-refractivity contribution in [3.8, 4) is 0 Å². The lowest BCUT2D eigenvalue weighted by atomic mass is 10.1. The van der Waals surface area contributed by atoms with Crippen LogP contribution in [0.5, 0.6) is 0 Å². The van der Waals surface area contributed by atoms with Gasteiger partial charge in [-0.1, -0.05) is 53.5 Å². The summed E-state index contributed by atoms with van der Waals surface area (Å²) in [5.74, 6) is -0.206. The zero-order valence-electron chi connectivity index (χ0n) is 15.2. The van der Waals surface area contributed by atoms with E-state index in [4.69, 9.17) is 23.2 Å².